The van der Waals surface area contributed by atoms with Crippen molar-refractivity contribution in [3.05, 3.63) is 95.8 Å². The molecule has 2 aromatic carbocycles. The molecule has 3 rings (SSSR count). The van der Waals surface area contributed by atoms with Crippen LogP contribution in [0.5, 0.6) is 0 Å². The van der Waals surface area contributed by atoms with Crippen molar-refractivity contribution >= 4 is 22.0 Å². The van der Waals surface area contributed by atoms with Gasteiger partial charge in [0.15, 0.2) is 0 Å². The van der Waals surface area contributed by atoms with E-state index in [1.165, 1.54) is 11.0 Å². The Bertz CT molecular complexity index is 1200. The smallest absolute Gasteiger partial charge is 0.329 e. The highest BCUT2D eigenvalue weighted by molar-refractivity contribution is 7.90. The summed E-state index contributed by atoms with van der Waals surface area (Å²) in [5.74, 6) is -0.368. The minimum absolute atomic E-state index is 0.00152. The zero-order valence-electron chi connectivity index (χ0n) is 18.4. The van der Waals surface area contributed by atoms with Gasteiger partial charge in [-0.15, -0.1) is 0 Å². The Morgan fingerprint density at radius 3 is 2.30 bits per heavy atom. The summed E-state index contributed by atoms with van der Waals surface area (Å²) in [6.07, 6.45) is 1.83. The van der Waals surface area contributed by atoms with Crippen molar-refractivity contribution in [1.29, 1.82) is 0 Å². The number of nitrogens with zero attached hydrogens (tertiary/aromatic N) is 2. The Morgan fingerprint density at radius 2 is 1.64 bits per heavy atom. The number of hydrogen-bond acceptors (Lipinski definition) is 5. The predicted octanol–water partition coefficient (Wildman–Crippen LogP) is 2.65. The minimum atomic E-state index is -4.10. The lowest BCUT2D eigenvalue weighted by molar-refractivity contribution is -0.132. The average molecular weight is 467 g/mol. The van der Waals surface area contributed by atoms with Gasteiger partial charge in [-0.1, -0.05) is 54.6 Å². The Kier molecular flexibility index (Phi) is 7.78. The van der Waals surface area contributed by atoms with Crippen LogP contribution in [0.1, 0.15) is 16.8 Å². The quantitative estimate of drug-likeness (QED) is 0.531. The molecular weight excluding hydrogens is 440 g/mol. The summed E-state index contributed by atoms with van der Waals surface area (Å²) >= 11 is 0. The van der Waals surface area contributed by atoms with E-state index in [0.29, 0.717) is 11.3 Å². The summed E-state index contributed by atoms with van der Waals surface area (Å²) in [5, 5.41) is 2.54. The molecule has 172 valence electrons. The SMILES string of the molecule is Cc1ccccc1S(=O)(=O)NC(=O)N[C@@H](Cc1ccccc1)C(=O)N(C)Cc1ccccn1. The van der Waals surface area contributed by atoms with Gasteiger partial charge in [-0.3, -0.25) is 9.78 Å². The van der Waals surface area contributed by atoms with Gasteiger partial charge in [-0.05, 0) is 36.2 Å². The Balaban J connectivity index is 1.76. The highest BCUT2D eigenvalue weighted by Gasteiger charge is 2.27. The second-order valence-corrected chi connectivity index (χ2v) is 9.25. The Morgan fingerprint density at radius 1 is 0.970 bits per heavy atom. The third-order valence-corrected chi connectivity index (χ3v) is 6.49. The Hall–Kier alpha value is -3.72. The molecule has 0 spiro atoms. The number of nitrogens with one attached hydrogen (secondary N) is 2. The number of hydrogen-bond donors (Lipinski definition) is 2. The van der Waals surface area contributed by atoms with Crippen molar-refractivity contribution < 1.29 is 18.0 Å². The first kappa shape index (κ1) is 23.9. The standard InChI is InChI=1S/C24H26N4O4S/c1-18-10-6-7-14-22(18)33(31,32)27-24(30)26-21(16-19-11-4-3-5-12-19)23(29)28(2)17-20-13-8-9-15-25-20/h3-15,21H,16-17H2,1-2H3,(H2,26,27,30)/t21-/m0/s1. The number of urea groups is 1. The van der Waals surface area contributed by atoms with Crippen LogP contribution in [0.15, 0.2) is 83.9 Å². The number of amides is 3. The normalized spacial score (nSPS) is 11.9. The average Bonchev–Trinajstić information content (AvgIpc) is 2.79. The largest absolute Gasteiger partial charge is 0.338 e. The van der Waals surface area contributed by atoms with Gasteiger partial charge in [0, 0.05) is 19.7 Å². The highest BCUT2D eigenvalue weighted by atomic mass is 32.2. The number of pyridine rings is 1. The van der Waals surface area contributed by atoms with Crippen molar-refractivity contribution in [1.82, 2.24) is 19.9 Å². The number of aromatic nitrogens is 1. The molecule has 0 aliphatic heterocycles. The lowest BCUT2D eigenvalue weighted by Gasteiger charge is -2.25. The van der Waals surface area contributed by atoms with Crippen LogP contribution in [-0.2, 0) is 27.8 Å². The van der Waals surface area contributed by atoms with Gasteiger partial charge in [0.25, 0.3) is 10.0 Å². The predicted molar refractivity (Wildman–Crippen MR) is 125 cm³/mol. The molecule has 0 fully saturated rings. The molecule has 0 saturated carbocycles. The molecule has 1 atom stereocenters. The molecule has 9 heteroatoms. The van der Waals surface area contributed by atoms with Crippen LogP contribution in [0.25, 0.3) is 0 Å². The first-order valence-electron chi connectivity index (χ1n) is 10.3. The van der Waals surface area contributed by atoms with Gasteiger partial charge in [0.1, 0.15) is 6.04 Å². The van der Waals surface area contributed by atoms with E-state index in [0.717, 1.165) is 5.56 Å². The molecule has 0 bridgehead atoms. The third kappa shape index (κ3) is 6.63. The van der Waals surface area contributed by atoms with Gasteiger partial charge in [0.05, 0.1) is 17.1 Å². The van der Waals surface area contributed by atoms with E-state index in [1.807, 2.05) is 41.1 Å². The van der Waals surface area contributed by atoms with Crippen LogP contribution >= 0.6 is 0 Å². The van der Waals surface area contributed by atoms with E-state index in [1.54, 1.807) is 50.5 Å². The van der Waals surface area contributed by atoms with Crippen molar-refractivity contribution in [2.45, 2.75) is 30.8 Å². The molecule has 3 amide bonds. The Labute approximate surface area is 193 Å². The molecule has 2 N–H and O–H groups in total. The van der Waals surface area contributed by atoms with E-state index in [4.69, 9.17) is 0 Å². The zero-order chi connectivity index (χ0) is 23.8. The lowest BCUT2D eigenvalue weighted by atomic mass is 10.0. The topological polar surface area (TPSA) is 108 Å². The van der Waals surface area contributed by atoms with E-state index < -0.39 is 22.1 Å². The number of benzene rings is 2. The van der Waals surface area contributed by atoms with Gasteiger partial charge in [-0.2, -0.15) is 0 Å². The highest BCUT2D eigenvalue weighted by Crippen LogP contribution is 2.14. The zero-order valence-corrected chi connectivity index (χ0v) is 19.2. The molecule has 0 aliphatic carbocycles. The number of carbonyl (C=O) groups excluding carboxylic acids is 2. The second-order valence-electron chi connectivity index (χ2n) is 7.60. The maximum absolute atomic E-state index is 13.2. The summed E-state index contributed by atoms with van der Waals surface area (Å²) in [5.41, 5.74) is 2.02. The molecular formula is C24H26N4O4S. The molecule has 33 heavy (non-hydrogen) atoms. The van der Waals surface area contributed by atoms with Crippen LogP contribution in [0.3, 0.4) is 0 Å². The van der Waals surface area contributed by atoms with Gasteiger partial charge < -0.3 is 10.2 Å². The van der Waals surface area contributed by atoms with Gasteiger partial charge in [-0.25, -0.2) is 17.9 Å². The molecule has 0 radical (unpaired) electrons. The first-order chi connectivity index (χ1) is 15.8. The molecule has 0 saturated heterocycles. The van der Waals surface area contributed by atoms with Crippen molar-refractivity contribution in [3.63, 3.8) is 0 Å². The molecule has 1 aromatic heterocycles. The molecule has 1 heterocycles. The fourth-order valence-corrected chi connectivity index (χ4v) is 4.51. The van der Waals surface area contributed by atoms with Crippen LogP contribution in [-0.4, -0.2) is 43.3 Å². The molecule has 0 aliphatic rings. The van der Waals surface area contributed by atoms with E-state index >= 15 is 0 Å². The fraction of sp³-hybridized carbons (Fsp3) is 0.208. The van der Waals surface area contributed by atoms with E-state index in [2.05, 4.69) is 10.3 Å². The number of likely N-dealkylation sites (N-methyl/N-ethyl adjacent to an activating group) is 1. The number of aryl methyl sites for hydroxylation is 1. The lowest BCUT2D eigenvalue weighted by Crippen LogP contribution is -2.52. The first-order valence-corrected chi connectivity index (χ1v) is 11.8. The summed E-state index contributed by atoms with van der Waals surface area (Å²) in [4.78, 5) is 31.5. The number of carbonyl (C=O) groups is 2. The van der Waals surface area contributed by atoms with E-state index in [-0.39, 0.29) is 23.8 Å². The maximum Gasteiger partial charge on any atom is 0.329 e. The third-order valence-electron chi connectivity index (χ3n) is 5.00. The summed E-state index contributed by atoms with van der Waals surface area (Å²) < 4.78 is 27.4. The summed E-state index contributed by atoms with van der Waals surface area (Å²) in [7, 11) is -2.49. The van der Waals surface area contributed by atoms with Gasteiger partial charge in [0.2, 0.25) is 5.91 Å². The minimum Gasteiger partial charge on any atom is -0.338 e. The van der Waals surface area contributed by atoms with Crippen molar-refractivity contribution in [2.24, 2.45) is 0 Å². The van der Waals surface area contributed by atoms with Crippen LogP contribution in [0.4, 0.5) is 4.79 Å². The van der Waals surface area contributed by atoms with Crippen LogP contribution in [0, 0.1) is 6.92 Å². The fourth-order valence-electron chi connectivity index (χ4n) is 3.35. The molecule has 3 aromatic rings. The summed E-state index contributed by atoms with van der Waals surface area (Å²) in [6, 6.07) is 19.0. The van der Waals surface area contributed by atoms with Crippen molar-refractivity contribution in [2.75, 3.05) is 7.05 Å². The monoisotopic (exact) mass is 466 g/mol. The maximum atomic E-state index is 13.2. The second kappa shape index (κ2) is 10.7. The number of sulfonamides is 1. The molecule has 0 unspecified atom stereocenters. The molecule has 8 nitrogen and oxygen atoms in total. The van der Waals surface area contributed by atoms with Crippen LogP contribution in [0.2, 0.25) is 0 Å². The van der Waals surface area contributed by atoms with Gasteiger partial charge >= 0.3 is 6.03 Å². The van der Waals surface area contributed by atoms with Crippen molar-refractivity contribution in [3.8, 4) is 0 Å². The number of rotatable bonds is 8. The van der Waals surface area contributed by atoms with E-state index in [9.17, 15) is 18.0 Å². The van der Waals surface area contributed by atoms with Crippen LogP contribution < -0.4 is 10.0 Å². The summed E-state index contributed by atoms with van der Waals surface area (Å²) in [6.45, 7) is 1.89.